The summed E-state index contributed by atoms with van der Waals surface area (Å²) in [6, 6.07) is 7.82. The van der Waals surface area contributed by atoms with Gasteiger partial charge in [-0.25, -0.2) is 0 Å². The number of hydrogen-bond donors (Lipinski definition) is 1. The summed E-state index contributed by atoms with van der Waals surface area (Å²) >= 11 is 0. The van der Waals surface area contributed by atoms with Crippen molar-refractivity contribution in [2.45, 2.75) is 13.0 Å². The second-order valence-electron chi connectivity index (χ2n) is 4.20. The molecule has 0 fully saturated rings. The topological polar surface area (TPSA) is 55.6 Å². The molecule has 0 aliphatic carbocycles. The summed E-state index contributed by atoms with van der Waals surface area (Å²) in [6.45, 7) is 1.37. The molecule has 0 saturated carbocycles. The van der Waals surface area contributed by atoms with Crippen molar-refractivity contribution < 1.29 is 9.53 Å². The minimum absolute atomic E-state index is 0.0697. The Balaban J connectivity index is 2.63. The first-order chi connectivity index (χ1) is 9.17. The minimum Gasteiger partial charge on any atom is -0.384 e. The molecule has 0 radical (unpaired) electrons. The molecule has 0 aromatic heterocycles. The van der Waals surface area contributed by atoms with E-state index >= 15 is 0 Å². The van der Waals surface area contributed by atoms with Gasteiger partial charge in [-0.05, 0) is 17.7 Å². The van der Waals surface area contributed by atoms with Crippen LogP contribution in [-0.2, 0) is 16.1 Å². The lowest BCUT2D eigenvalue weighted by molar-refractivity contribution is -0.131. The van der Waals surface area contributed by atoms with E-state index in [-0.39, 0.29) is 5.91 Å². The lowest BCUT2D eigenvalue weighted by Gasteiger charge is -2.17. The van der Waals surface area contributed by atoms with Crippen molar-refractivity contribution in [1.29, 1.82) is 0 Å². The quantitative estimate of drug-likeness (QED) is 0.803. The number of carbonyl (C=O) groups is 1. The van der Waals surface area contributed by atoms with Crippen LogP contribution in [0.4, 0.5) is 0 Å². The zero-order chi connectivity index (χ0) is 14.1. The summed E-state index contributed by atoms with van der Waals surface area (Å²) in [5.41, 5.74) is 7.31. The van der Waals surface area contributed by atoms with Crippen molar-refractivity contribution in [2.75, 3.05) is 27.3 Å². The molecule has 0 aliphatic heterocycles. The van der Waals surface area contributed by atoms with Gasteiger partial charge >= 0.3 is 0 Å². The van der Waals surface area contributed by atoms with Crippen LogP contribution in [0.3, 0.4) is 0 Å². The first-order valence-electron chi connectivity index (χ1n) is 6.18. The maximum Gasteiger partial charge on any atom is 0.224 e. The van der Waals surface area contributed by atoms with Crippen LogP contribution in [0.2, 0.25) is 0 Å². The largest absolute Gasteiger partial charge is 0.384 e. The number of amides is 1. The van der Waals surface area contributed by atoms with Gasteiger partial charge in [0.1, 0.15) is 0 Å². The highest BCUT2D eigenvalue weighted by atomic mass is 16.5. The van der Waals surface area contributed by atoms with E-state index in [4.69, 9.17) is 10.5 Å². The fourth-order valence-corrected chi connectivity index (χ4v) is 1.64. The molecule has 4 heteroatoms. The Kier molecular flexibility index (Phi) is 6.65. The van der Waals surface area contributed by atoms with E-state index in [2.05, 4.69) is 11.8 Å². The summed E-state index contributed by atoms with van der Waals surface area (Å²) in [6.07, 6.45) is 0.402. The molecule has 19 heavy (non-hydrogen) atoms. The predicted octanol–water partition coefficient (Wildman–Crippen LogP) is 0.992. The van der Waals surface area contributed by atoms with Crippen LogP contribution in [0.1, 0.15) is 17.5 Å². The molecular formula is C15H20N2O2. The van der Waals surface area contributed by atoms with Crippen molar-refractivity contribution in [3.63, 3.8) is 0 Å². The van der Waals surface area contributed by atoms with Crippen molar-refractivity contribution in [1.82, 2.24) is 4.90 Å². The van der Waals surface area contributed by atoms with E-state index in [1.165, 1.54) is 0 Å². The van der Waals surface area contributed by atoms with Gasteiger partial charge < -0.3 is 15.4 Å². The van der Waals surface area contributed by atoms with Crippen LogP contribution in [0.25, 0.3) is 0 Å². The molecule has 0 aliphatic rings. The number of ether oxygens (including phenoxy) is 1. The van der Waals surface area contributed by atoms with Gasteiger partial charge in [-0.3, -0.25) is 4.79 Å². The maximum atomic E-state index is 11.8. The number of methoxy groups -OCH3 is 1. The van der Waals surface area contributed by atoms with Crippen LogP contribution in [0.15, 0.2) is 24.3 Å². The molecule has 1 amide bonds. The van der Waals surface area contributed by atoms with E-state index in [0.29, 0.717) is 26.1 Å². The van der Waals surface area contributed by atoms with Crippen LogP contribution >= 0.6 is 0 Å². The number of rotatable bonds is 5. The molecule has 0 heterocycles. The summed E-state index contributed by atoms with van der Waals surface area (Å²) in [5.74, 6) is 5.87. The van der Waals surface area contributed by atoms with E-state index in [9.17, 15) is 4.79 Å². The SMILES string of the molecule is COCCC(=O)N(C)Cc1cccc(C#CCN)c1. The third-order valence-corrected chi connectivity index (χ3v) is 2.63. The molecule has 1 aromatic rings. The zero-order valence-corrected chi connectivity index (χ0v) is 11.5. The third-order valence-electron chi connectivity index (χ3n) is 2.63. The average molecular weight is 260 g/mol. The van der Waals surface area contributed by atoms with Gasteiger partial charge in [-0.2, -0.15) is 0 Å². The van der Waals surface area contributed by atoms with Crippen LogP contribution in [0, 0.1) is 11.8 Å². The molecular weight excluding hydrogens is 240 g/mol. The molecule has 1 aromatic carbocycles. The van der Waals surface area contributed by atoms with Crippen molar-refractivity contribution in [3.05, 3.63) is 35.4 Å². The van der Waals surface area contributed by atoms with E-state index in [1.54, 1.807) is 19.1 Å². The zero-order valence-electron chi connectivity index (χ0n) is 11.5. The van der Waals surface area contributed by atoms with Gasteiger partial charge in [0.2, 0.25) is 5.91 Å². The second-order valence-corrected chi connectivity index (χ2v) is 4.20. The predicted molar refractivity (Wildman–Crippen MR) is 75.3 cm³/mol. The molecule has 4 nitrogen and oxygen atoms in total. The third kappa shape index (κ3) is 5.56. The van der Waals surface area contributed by atoms with Gasteiger partial charge in [-0.1, -0.05) is 24.0 Å². The van der Waals surface area contributed by atoms with Crippen LogP contribution < -0.4 is 5.73 Å². The second kappa shape index (κ2) is 8.30. The summed E-state index contributed by atoms with van der Waals surface area (Å²) in [7, 11) is 3.38. The van der Waals surface area contributed by atoms with Crippen molar-refractivity contribution in [3.8, 4) is 11.8 Å². The van der Waals surface area contributed by atoms with Crippen LogP contribution in [-0.4, -0.2) is 38.1 Å². The highest BCUT2D eigenvalue weighted by Gasteiger charge is 2.08. The van der Waals surface area contributed by atoms with Crippen molar-refractivity contribution in [2.24, 2.45) is 5.73 Å². The fraction of sp³-hybridized carbons (Fsp3) is 0.400. The highest BCUT2D eigenvalue weighted by molar-refractivity contribution is 5.75. The summed E-state index contributed by atoms with van der Waals surface area (Å²) < 4.78 is 4.90. The highest BCUT2D eigenvalue weighted by Crippen LogP contribution is 2.07. The Bertz CT molecular complexity index is 475. The average Bonchev–Trinajstić information content (AvgIpc) is 2.42. The van der Waals surface area contributed by atoms with Crippen molar-refractivity contribution >= 4 is 5.91 Å². The molecule has 0 spiro atoms. The number of hydrogen-bond acceptors (Lipinski definition) is 3. The Hall–Kier alpha value is -1.83. The number of nitrogens with zero attached hydrogens (tertiary/aromatic N) is 1. The van der Waals surface area contributed by atoms with Gasteiger partial charge in [0.15, 0.2) is 0 Å². The molecule has 0 unspecified atom stereocenters. The minimum atomic E-state index is 0.0697. The molecule has 2 N–H and O–H groups in total. The molecule has 0 atom stereocenters. The van der Waals surface area contributed by atoms with E-state index in [0.717, 1.165) is 11.1 Å². The first kappa shape index (κ1) is 15.2. The normalized spacial score (nSPS) is 9.63. The Morgan fingerprint density at radius 1 is 1.47 bits per heavy atom. The summed E-state index contributed by atoms with van der Waals surface area (Å²) in [4.78, 5) is 13.5. The lowest BCUT2D eigenvalue weighted by atomic mass is 10.1. The Morgan fingerprint density at radius 2 is 2.26 bits per heavy atom. The Morgan fingerprint density at radius 3 is 2.95 bits per heavy atom. The number of benzene rings is 1. The number of carbonyl (C=O) groups excluding carboxylic acids is 1. The standard InChI is InChI=1S/C15H20N2O2/c1-17(15(18)8-10-19-2)12-14-6-3-5-13(11-14)7-4-9-16/h3,5-6,11H,8-10,12,16H2,1-2H3. The number of nitrogens with two attached hydrogens (primary N) is 1. The maximum absolute atomic E-state index is 11.8. The molecule has 1 rings (SSSR count). The molecule has 0 saturated heterocycles. The first-order valence-corrected chi connectivity index (χ1v) is 6.18. The smallest absolute Gasteiger partial charge is 0.224 e. The molecule has 0 bridgehead atoms. The van der Waals surface area contributed by atoms with E-state index < -0.39 is 0 Å². The summed E-state index contributed by atoms with van der Waals surface area (Å²) in [5, 5.41) is 0. The van der Waals surface area contributed by atoms with E-state index in [1.807, 2.05) is 24.3 Å². The van der Waals surface area contributed by atoms with Gasteiger partial charge in [0, 0.05) is 26.3 Å². The van der Waals surface area contributed by atoms with Crippen LogP contribution in [0.5, 0.6) is 0 Å². The van der Waals surface area contributed by atoms with Gasteiger partial charge in [0.25, 0.3) is 0 Å². The molecule has 102 valence electrons. The Labute approximate surface area is 114 Å². The monoisotopic (exact) mass is 260 g/mol. The fourth-order valence-electron chi connectivity index (χ4n) is 1.64. The van der Waals surface area contributed by atoms with Gasteiger partial charge in [-0.15, -0.1) is 0 Å². The van der Waals surface area contributed by atoms with Gasteiger partial charge in [0.05, 0.1) is 19.6 Å². The lowest BCUT2D eigenvalue weighted by Crippen LogP contribution is -2.26.